The second-order valence-corrected chi connectivity index (χ2v) is 3.48. The predicted molar refractivity (Wildman–Crippen MR) is 55.9 cm³/mol. The van der Waals surface area contributed by atoms with Crippen molar-refractivity contribution in [3.8, 4) is 5.88 Å². The normalized spacial score (nSPS) is 12.1. The minimum absolute atomic E-state index is 0.316. The maximum absolute atomic E-state index is 10.6. The third-order valence-electron chi connectivity index (χ3n) is 2.30. The lowest BCUT2D eigenvalue weighted by Gasteiger charge is -2.06. The molecule has 0 radical (unpaired) electrons. The second kappa shape index (κ2) is 5.34. The van der Waals surface area contributed by atoms with Gasteiger partial charge in [0.15, 0.2) is 0 Å². The monoisotopic (exact) mass is 209 g/mol. The van der Waals surface area contributed by atoms with Crippen LogP contribution in [0.3, 0.4) is 0 Å². The van der Waals surface area contributed by atoms with Crippen molar-refractivity contribution < 1.29 is 14.6 Å². The molecule has 0 aromatic carbocycles. The van der Waals surface area contributed by atoms with E-state index in [0.29, 0.717) is 12.3 Å². The van der Waals surface area contributed by atoms with Gasteiger partial charge in [0.2, 0.25) is 5.88 Å². The summed E-state index contributed by atoms with van der Waals surface area (Å²) in [5.41, 5.74) is 1.05. The molecule has 15 heavy (non-hydrogen) atoms. The first kappa shape index (κ1) is 11.5. The number of hydrogen-bond acceptors (Lipinski definition) is 3. The number of carboxylic acid groups (broad SMARTS) is 1. The fraction of sp³-hybridized carbons (Fsp3) is 0.455. The summed E-state index contributed by atoms with van der Waals surface area (Å²) in [7, 11) is 1.56. The van der Waals surface area contributed by atoms with Crippen LogP contribution < -0.4 is 4.74 Å². The van der Waals surface area contributed by atoms with Crippen molar-refractivity contribution in [1.82, 2.24) is 4.98 Å². The van der Waals surface area contributed by atoms with Gasteiger partial charge >= 0.3 is 5.97 Å². The van der Waals surface area contributed by atoms with Gasteiger partial charge in [-0.1, -0.05) is 6.92 Å². The van der Waals surface area contributed by atoms with Crippen molar-refractivity contribution in [3.05, 3.63) is 23.9 Å². The van der Waals surface area contributed by atoms with Gasteiger partial charge in [-0.2, -0.15) is 0 Å². The lowest BCUT2D eigenvalue weighted by atomic mass is 10.0. The first-order valence-electron chi connectivity index (χ1n) is 4.85. The molecule has 0 spiro atoms. The molecule has 0 aliphatic rings. The Kier molecular flexibility index (Phi) is 4.09. The van der Waals surface area contributed by atoms with Gasteiger partial charge in [-0.05, 0) is 24.5 Å². The summed E-state index contributed by atoms with van der Waals surface area (Å²) in [6.45, 7) is 1.71. The van der Waals surface area contributed by atoms with Crippen molar-refractivity contribution in [1.29, 1.82) is 0 Å². The molecular weight excluding hydrogens is 194 g/mol. The number of ether oxygens (including phenoxy) is 1. The van der Waals surface area contributed by atoms with E-state index in [9.17, 15) is 4.79 Å². The molecule has 4 nitrogen and oxygen atoms in total. The van der Waals surface area contributed by atoms with Gasteiger partial charge in [0.1, 0.15) is 0 Å². The summed E-state index contributed by atoms with van der Waals surface area (Å²) >= 11 is 0. The number of rotatable bonds is 5. The van der Waals surface area contributed by atoms with Crippen LogP contribution in [0, 0.1) is 5.92 Å². The van der Waals surface area contributed by atoms with E-state index in [1.807, 2.05) is 12.1 Å². The number of pyridine rings is 1. The van der Waals surface area contributed by atoms with E-state index in [1.54, 1.807) is 20.2 Å². The Hall–Kier alpha value is -1.58. The first-order valence-corrected chi connectivity index (χ1v) is 4.85. The largest absolute Gasteiger partial charge is 0.481 e. The van der Waals surface area contributed by atoms with Crippen LogP contribution >= 0.6 is 0 Å². The molecule has 1 unspecified atom stereocenters. The zero-order valence-electron chi connectivity index (χ0n) is 8.93. The van der Waals surface area contributed by atoms with E-state index in [4.69, 9.17) is 9.84 Å². The Morgan fingerprint density at radius 1 is 1.67 bits per heavy atom. The molecule has 1 atom stereocenters. The van der Waals surface area contributed by atoms with Crippen LogP contribution in [0.15, 0.2) is 18.3 Å². The van der Waals surface area contributed by atoms with Crippen LogP contribution in [-0.4, -0.2) is 23.2 Å². The molecule has 0 saturated carbocycles. The second-order valence-electron chi connectivity index (χ2n) is 3.48. The van der Waals surface area contributed by atoms with E-state index in [-0.39, 0.29) is 5.92 Å². The SMILES string of the molecule is COc1cc(CCC(C)C(=O)O)ccn1. The number of aliphatic carboxylic acids is 1. The summed E-state index contributed by atoms with van der Waals surface area (Å²) in [6.07, 6.45) is 3.02. The van der Waals surface area contributed by atoms with Crippen LogP contribution in [0.25, 0.3) is 0 Å². The molecule has 0 aliphatic heterocycles. The van der Waals surface area contributed by atoms with E-state index < -0.39 is 5.97 Å². The maximum atomic E-state index is 10.6. The number of methoxy groups -OCH3 is 1. The summed E-state index contributed by atoms with van der Waals surface area (Å²) in [5.74, 6) is -0.504. The molecule has 82 valence electrons. The molecule has 0 amide bonds. The number of carboxylic acids is 1. The molecule has 0 saturated heterocycles. The molecule has 1 rings (SSSR count). The number of nitrogens with zero attached hydrogens (tertiary/aromatic N) is 1. The molecule has 0 bridgehead atoms. The van der Waals surface area contributed by atoms with Crippen LogP contribution in [0.1, 0.15) is 18.9 Å². The smallest absolute Gasteiger partial charge is 0.306 e. The van der Waals surface area contributed by atoms with Crippen LogP contribution in [-0.2, 0) is 11.2 Å². The third-order valence-corrected chi connectivity index (χ3v) is 2.30. The highest BCUT2D eigenvalue weighted by molar-refractivity contribution is 5.69. The Labute approximate surface area is 88.9 Å². The number of carbonyl (C=O) groups is 1. The molecule has 1 heterocycles. The van der Waals surface area contributed by atoms with Crippen molar-refractivity contribution in [3.63, 3.8) is 0 Å². The summed E-state index contributed by atoms with van der Waals surface area (Å²) in [5, 5.41) is 8.72. The fourth-order valence-electron chi connectivity index (χ4n) is 1.22. The Bertz CT molecular complexity index is 338. The molecule has 0 fully saturated rings. The quantitative estimate of drug-likeness (QED) is 0.802. The molecule has 1 N–H and O–H groups in total. The molecule has 0 aliphatic carbocycles. The lowest BCUT2D eigenvalue weighted by Crippen LogP contribution is -2.10. The topological polar surface area (TPSA) is 59.4 Å². The average Bonchev–Trinajstić information content (AvgIpc) is 2.26. The fourth-order valence-corrected chi connectivity index (χ4v) is 1.22. The highest BCUT2D eigenvalue weighted by Gasteiger charge is 2.10. The van der Waals surface area contributed by atoms with E-state index in [1.165, 1.54) is 0 Å². The summed E-state index contributed by atoms with van der Waals surface area (Å²) < 4.78 is 4.98. The summed E-state index contributed by atoms with van der Waals surface area (Å²) in [4.78, 5) is 14.6. The molecule has 1 aromatic heterocycles. The van der Waals surface area contributed by atoms with E-state index in [2.05, 4.69) is 4.98 Å². The standard InChI is InChI=1S/C11H15NO3/c1-8(11(13)14)3-4-9-5-6-12-10(7-9)15-2/h5-8H,3-4H2,1-2H3,(H,13,14). The van der Waals surface area contributed by atoms with Gasteiger partial charge in [-0.25, -0.2) is 4.98 Å². The number of hydrogen-bond donors (Lipinski definition) is 1. The van der Waals surface area contributed by atoms with Crippen molar-refractivity contribution in [2.75, 3.05) is 7.11 Å². The van der Waals surface area contributed by atoms with E-state index >= 15 is 0 Å². The van der Waals surface area contributed by atoms with Gasteiger partial charge in [0, 0.05) is 12.3 Å². The minimum Gasteiger partial charge on any atom is -0.481 e. The van der Waals surface area contributed by atoms with Crippen LogP contribution in [0.5, 0.6) is 5.88 Å². The van der Waals surface area contributed by atoms with Crippen LogP contribution in [0.4, 0.5) is 0 Å². The van der Waals surface area contributed by atoms with Gasteiger partial charge < -0.3 is 9.84 Å². The van der Waals surface area contributed by atoms with Crippen molar-refractivity contribution >= 4 is 5.97 Å². The summed E-state index contributed by atoms with van der Waals surface area (Å²) in [6, 6.07) is 3.70. The van der Waals surface area contributed by atoms with Crippen molar-refractivity contribution in [2.24, 2.45) is 5.92 Å². The lowest BCUT2D eigenvalue weighted by molar-refractivity contribution is -0.141. The number of aromatic nitrogens is 1. The Morgan fingerprint density at radius 2 is 2.40 bits per heavy atom. The Balaban J connectivity index is 2.53. The number of aryl methyl sites for hydroxylation is 1. The predicted octanol–water partition coefficient (Wildman–Crippen LogP) is 1.74. The zero-order chi connectivity index (χ0) is 11.3. The van der Waals surface area contributed by atoms with Crippen molar-refractivity contribution in [2.45, 2.75) is 19.8 Å². The molecule has 4 heteroatoms. The van der Waals surface area contributed by atoms with Gasteiger partial charge in [0.25, 0.3) is 0 Å². The van der Waals surface area contributed by atoms with Gasteiger partial charge in [0.05, 0.1) is 13.0 Å². The third kappa shape index (κ3) is 3.58. The average molecular weight is 209 g/mol. The maximum Gasteiger partial charge on any atom is 0.306 e. The minimum atomic E-state index is -0.754. The highest BCUT2D eigenvalue weighted by Crippen LogP contribution is 2.13. The van der Waals surface area contributed by atoms with Crippen LogP contribution in [0.2, 0.25) is 0 Å². The Morgan fingerprint density at radius 3 is 3.00 bits per heavy atom. The van der Waals surface area contributed by atoms with Gasteiger partial charge in [-0.15, -0.1) is 0 Å². The van der Waals surface area contributed by atoms with E-state index in [0.717, 1.165) is 12.0 Å². The molecule has 1 aromatic rings. The van der Waals surface area contributed by atoms with Gasteiger partial charge in [-0.3, -0.25) is 4.79 Å². The highest BCUT2D eigenvalue weighted by atomic mass is 16.5. The molecular formula is C11H15NO3. The first-order chi connectivity index (χ1) is 7.13. The zero-order valence-corrected chi connectivity index (χ0v) is 8.93.